The molecule has 0 aromatic heterocycles. The predicted octanol–water partition coefficient (Wildman–Crippen LogP) is 3.23. The van der Waals surface area contributed by atoms with E-state index in [-0.39, 0.29) is 12.0 Å². The van der Waals surface area contributed by atoms with E-state index in [0.717, 1.165) is 25.3 Å². The molecular formula is C19H18F3NO4. The van der Waals surface area contributed by atoms with E-state index in [1.54, 1.807) is 24.3 Å². The number of carbonyl (C=O) groups is 2. The Labute approximate surface area is 154 Å². The third kappa shape index (κ3) is 5.22. The second-order valence-electron chi connectivity index (χ2n) is 5.64. The summed E-state index contributed by atoms with van der Waals surface area (Å²) in [5.41, 5.74) is -0.520. The molecule has 2 aromatic carbocycles. The van der Waals surface area contributed by atoms with Gasteiger partial charge < -0.3 is 14.8 Å². The lowest BCUT2D eigenvalue weighted by Crippen LogP contribution is -2.43. The molecule has 0 aliphatic rings. The molecule has 0 saturated heterocycles. The van der Waals surface area contributed by atoms with Crippen LogP contribution in [0, 0.1) is 0 Å². The van der Waals surface area contributed by atoms with Crippen LogP contribution in [0.4, 0.5) is 13.2 Å². The van der Waals surface area contributed by atoms with Gasteiger partial charge in [-0.1, -0.05) is 24.3 Å². The fourth-order valence-electron chi connectivity index (χ4n) is 2.51. The number of halogens is 3. The normalized spacial score (nSPS) is 12.2. The van der Waals surface area contributed by atoms with E-state index in [1.807, 2.05) is 0 Å². The van der Waals surface area contributed by atoms with E-state index in [2.05, 4.69) is 5.32 Å². The minimum Gasteiger partial charge on any atom is -0.496 e. The molecule has 5 nitrogen and oxygen atoms in total. The molecule has 0 bridgehead atoms. The molecule has 27 heavy (non-hydrogen) atoms. The van der Waals surface area contributed by atoms with E-state index >= 15 is 0 Å². The van der Waals surface area contributed by atoms with Gasteiger partial charge in [0, 0.05) is 12.0 Å². The number of hydrogen-bond donors (Lipinski definition) is 1. The third-order valence-corrected chi connectivity index (χ3v) is 3.86. The van der Waals surface area contributed by atoms with Gasteiger partial charge in [-0.05, 0) is 29.8 Å². The number of hydrogen-bond acceptors (Lipinski definition) is 4. The predicted molar refractivity (Wildman–Crippen MR) is 91.4 cm³/mol. The standard InChI is InChI=1S/C19H18F3NO4/c1-26-16-9-4-3-6-12(16)11-15(18(25)27-2)23-17(24)13-7-5-8-14(10-13)19(20,21)22/h3-10,15H,11H2,1-2H3,(H,23,24)/t15-/m1/s1. The van der Waals surface area contributed by atoms with Gasteiger partial charge in [0.1, 0.15) is 11.8 Å². The highest BCUT2D eigenvalue weighted by molar-refractivity contribution is 5.97. The Bertz CT molecular complexity index is 821. The summed E-state index contributed by atoms with van der Waals surface area (Å²) in [6.45, 7) is 0. The van der Waals surface area contributed by atoms with Gasteiger partial charge in [0.2, 0.25) is 0 Å². The molecule has 144 valence electrons. The number of amides is 1. The first-order chi connectivity index (χ1) is 12.8. The van der Waals surface area contributed by atoms with Gasteiger partial charge >= 0.3 is 12.1 Å². The topological polar surface area (TPSA) is 64.6 Å². The Morgan fingerprint density at radius 1 is 1.07 bits per heavy atom. The van der Waals surface area contributed by atoms with Crippen molar-refractivity contribution in [2.24, 2.45) is 0 Å². The van der Waals surface area contributed by atoms with Crippen LogP contribution in [-0.2, 0) is 22.1 Å². The smallest absolute Gasteiger partial charge is 0.416 e. The van der Waals surface area contributed by atoms with Crippen LogP contribution in [0.5, 0.6) is 5.75 Å². The first kappa shape index (κ1) is 20.3. The van der Waals surface area contributed by atoms with Crippen molar-refractivity contribution in [2.75, 3.05) is 14.2 Å². The number of nitrogens with one attached hydrogen (secondary N) is 1. The summed E-state index contributed by atoms with van der Waals surface area (Å²) in [5, 5.41) is 2.43. The quantitative estimate of drug-likeness (QED) is 0.781. The molecule has 0 heterocycles. The molecule has 0 unspecified atom stereocenters. The number of para-hydroxylation sites is 1. The van der Waals surface area contributed by atoms with Gasteiger partial charge in [0.25, 0.3) is 5.91 Å². The summed E-state index contributed by atoms with van der Waals surface area (Å²) < 4.78 is 48.4. The molecule has 0 spiro atoms. The number of rotatable bonds is 6. The van der Waals surface area contributed by atoms with Crippen LogP contribution in [0.3, 0.4) is 0 Å². The average molecular weight is 381 g/mol. The second kappa shape index (κ2) is 8.57. The second-order valence-corrected chi connectivity index (χ2v) is 5.64. The average Bonchev–Trinajstić information content (AvgIpc) is 2.66. The summed E-state index contributed by atoms with van der Waals surface area (Å²) >= 11 is 0. The largest absolute Gasteiger partial charge is 0.496 e. The maximum absolute atomic E-state index is 12.8. The number of alkyl halides is 3. The Morgan fingerprint density at radius 2 is 1.78 bits per heavy atom. The van der Waals surface area contributed by atoms with Crippen molar-refractivity contribution in [2.45, 2.75) is 18.6 Å². The fourth-order valence-corrected chi connectivity index (χ4v) is 2.51. The molecule has 0 saturated carbocycles. The highest BCUT2D eigenvalue weighted by atomic mass is 19.4. The summed E-state index contributed by atoms with van der Waals surface area (Å²) in [6, 6.07) is 9.76. The fraction of sp³-hybridized carbons (Fsp3) is 0.263. The van der Waals surface area contributed by atoms with E-state index < -0.39 is 29.7 Å². The van der Waals surface area contributed by atoms with Crippen molar-refractivity contribution in [3.05, 3.63) is 65.2 Å². The number of methoxy groups -OCH3 is 2. The van der Waals surface area contributed by atoms with Crippen molar-refractivity contribution in [3.8, 4) is 5.75 Å². The van der Waals surface area contributed by atoms with Crippen molar-refractivity contribution < 1.29 is 32.2 Å². The molecule has 1 N–H and O–H groups in total. The van der Waals surface area contributed by atoms with E-state index in [4.69, 9.17) is 9.47 Å². The van der Waals surface area contributed by atoms with E-state index in [9.17, 15) is 22.8 Å². The summed E-state index contributed by atoms with van der Waals surface area (Å²) in [5.74, 6) is -1.02. The van der Waals surface area contributed by atoms with Gasteiger partial charge in [-0.2, -0.15) is 13.2 Å². The van der Waals surface area contributed by atoms with Gasteiger partial charge in [-0.15, -0.1) is 0 Å². The summed E-state index contributed by atoms with van der Waals surface area (Å²) in [4.78, 5) is 24.4. The molecule has 0 fully saturated rings. The third-order valence-electron chi connectivity index (χ3n) is 3.86. The highest BCUT2D eigenvalue weighted by Crippen LogP contribution is 2.29. The van der Waals surface area contributed by atoms with Gasteiger partial charge in [-0.25, -0.2) is 4.79 Å². The van der Waals surface area contributed by atoms with Crippen molar-refractivity contribution >= 4 is 11.9 Å². The number of esters is 1. The summed E-state index contributed by atoms with van der Waals surface area (Å²) in [7, 11) is 2.63. The zero-order chi connectivity index (χ0) is 20.0. The maximum atomic E-state index is 12.8. The van der Waals surface area contributed by atoms with Crippen LogP contribution in [0.2, 0.25) is 0 Å². The van der Waals surface area contributed by atoms with Crippen LogP contribution >= 0.6 is 0 Å². The number of ether oxygens (including phenoxy) is 2. The molecule has 2 rings (SSSR count). The van der Waals surface area contributed by atoms with Crippen LogP contribution in [-0.4, -0.2) is 32.1 Å². The number of carbonyl (C=O) groups excluding carboxylic acids is 2. The maximum Gasteiger partial charge on any atom is 0.416 e. The minimum atomic E-state index is -4.57. The highest BCUT2D eigenvalue weighted by Gasteiger charge is 2.31. The lowest BCUT2D eigenvalue weighted by molar-refractivity contribution is -0.143. The summed E-state index contributed by atoms with van der Waals surface area (Å²) in [6.07, 6.45) is -4.52. The Morgan fingerprint density at radius 3 is 2.41 bits per heavy atom. The number of benzene rings is 2. The molecule has 0 radical (unpaired) electrons. The molecule has 8 heteroatoms. The van der Waals surface area contributed by atoms with Gasteiger partial charge in [0.15, 0.2) is 0 Å². The van der Waals surface area contributed by atoms with Crippen LogP contribution in [0.1, 0.15) is 21.5 Å². The first-order valence-corrected chi connectivity index (χ1v) is 7.94. The first-order valence-electron chi connectivity index (χ1n) is 7.94. The molecule has 2 aromatic rings. The van der Waals surface area contributed by atoms with Crippen LogP contribution in [0.15, 0.2) is 48.5 Å². The van der Waals surface area contributed by atoms with Crippen LogP contribution < -0.4 is 10.1 Å². The zero-order valence-corrected chi connectivity index (χ0v) is 14.7. The van der Waals surface area contributed by atoms with Crippen molar-refractivity contribution in [3.63, 3.8) is 0 Å². The molecule has 0 aliphatic carbocycles. The minimum absolute atomic E-state index is 0.0569. The molecule has 0 aliphatic heterocycles. The van der Waals surface area contributed by atoms with Crippen LogP contribution in [0.25, 0.3) is 0 Å². The van der Waals surface area contributed by atoms with Gasteiger partial charge in [0.05, 0.1) is 19.8 Å². The SMILES string of the molecule is COC(=O)[C@@H](Cc1ccccc1OC)NC(=O)c1cccc(C(F)(F)F)c1. The molecule has 1 amide bonds. The van der Waals surface area contributed by atoms with E-state index in [1.165, 1.54) is 13.2 Å². The monoisotopic (exact) mass is 381 g/mol. The molecular weight excluding hydrogens is 363 g/mol. The Kier molecular flexibility index (Phi) is 6.44. The van der Waals surface area contributed by atoms with Crippen molar-refractivity contribution in [1.82, 2.24) is 5.32 Å². The van der Waals surface area contributed by atoms with Gasteiger partial charge in [-0.3, -0.25) is 4.79 Å². The Balaban J connectivity index is 2.23. The molecule has 1 atom stereocenters. The lowest BCUT2D eigenvalue weighted by Gasteiger charge is -2.18. The van der Waals surface area contributed by atoms with Crippen molar-refractivity contribution in [1.29, 1.82) is 0 Å². The Hall–Kier alpha value is -3.03. The van der Waals surface area contributed by atoms with E-state index in [0.29, 0.717) is 11.3 Å². The zero-order valence-electron chi connectivity index (χ0n) is 14.7. The lowest BCUT2D eigenvalue weighted by atomic mass is 10.0.